The lowest BCUT2D eigenvalue weighted by Crippen LogP contribution is -2.28. The quantitative estimate of drug-likeness (QED) is 0.616. The molecule has 3 rings (SSSR count). The van der Waals surface area contributed by atoms with Gasteiger partial charge in [0.05, 0.1) is 35.8 Å². The molecule has 1 aliphatic heterocycles. The average Bonchev–Trinajstić information content (AvgIpc) is 2.76. The van der Waals surface area contributed by atoms with E-state index < -0.39 is 15.7 Å². The van der Waals surface area contributed by atoms with Gasteiger partial charge in [0.25, 0.3) is 0 Å². The first kappa shape index (κ1) is 23.0. The van der Waals surface area contributed by atoms with Gasteiger partial charge in [0.2, 0.25) is 11.8 Å². The van der Waals surface area contributed by atoms with Gasteiger partial charge in [-0.15, -0.1) is 11.8 Å². The normalized spacial score (nSPS) is 15.6. The van der Waals surface area contributed by atoms with Crippen LogP contribution >= 0.6 is 11.8 Å². The highest BCUT2D eigenvalue weighted by Gasteiger charge is 2.27. The minimum atomic E-state index is -3.71. The number of thioether (sulfide) groups is 1. The van der Waals surface area contributed by atoms with Crippen LogP contribution in [-0.2, 0) is 19.4 Å². The van der Waals surface area contributed by atoms with E-state index in [1.807, 2.05) is 6.92 Å². The van der Waals surface area contributed by atoms with Crippen molar-refractivity contribution in [3.05, 3.63) is 36.4 Å². The summed E-state index contributed by atoms with van der Waals surface area (Å²) >= 11 is 1.42. The van der Waals surface area contributed by atoms with Crippen LogP contribution in [0.25, 0.3) is 0 Å². The monoisotopic (exact) mass is 464 g/mol. The molecule has 0 aromatic heterocycles. The van der Waals surface area contributed by atoms with E-state index in [1.54, 1.807) is 24.3 Å². The summed E-state index contributed by atoms with van der Waals surface area (Å²) in [7, 11) is -0.724. The number of methoxy groups -OCH3 is 2. The van der Waals surface area contributed by atoms with Crippen LogP contribution in [0.2, 0.25) is 0 Å². The molecule has 1 heterocycles. The molecule has 10 heteroatoms. The molecule has 0 saturated carbocycles. The van der Waals surface area contributed by atoms with E-state index in [9.17, 15) is 18.0 Å². The average molecular weight is 465 g/mol. The molecule has 166 valence electrons. The second kappa shape index (κ2) is 9.61. The fourth-order valence-electron chi connectivity index (χ4n) is 3.04. The van der Waals surface area contributed by atoms with Crippen molar-refractivity contribution in [2.24, 2.45) is 0 Å². The maximum absolute atomic E-state index is 12.7. The first-order valence-electron chi connectivity index (χ1n) is 9.63. The number of benzene rings is 2. The number of hydrogen-bond donors (Lipinski definition) is 2. The van der Waals surface area contributed by atoms with E-state index in [-0.39, 0.29) is 28.2 Å². The van der Waals surface area contributed by atoms with Gasteiger partial charge in [-0.05, 0) is 24.6 Å². The van der Waals surface area contributed by atoms with Gasteiger partial charge in [-0.3, -0.25) is 9.59 Å². The highest BCUT2D eigenvalue weighted by Crippen LogP contribution is 2.38. The highest BCUT2D eigenvalue weighted by molar-refractivity contribution is 8.01. The number of carbonyl (C=O) groups is 2. The van der Waals surface area contributed by atoms with Gasteiger partial charge in [-0.25, -0.2) is 8.42 Å². The summed E-state index contributed by atoms with van der Waals surface area (Å²) < 4.78 is 35.8. The smallest absolute Gasteiger partial charge is 0.237 e. The van der Waals surface area contributed by atoms with Crippen LogP contribution in [0.1, 0.15) is 19.8 Å². The van der Waals surface area contributed by atoms with E-state index in [1.165, 1.54) is 38.1 Å². The van der Waals surface area contributed by atoms with Crippen LogP contribution < -0.4 is 20.1 Å². The molecule has 2 N–H and O–H groups in total. The molecule has 8 nitrogen and oxygen atoms in total. The summed E-state index contributed by atoms with van der Waals surface area (Å²) in [6.07, 6.45) is 0.461. The van der Waals surface area contributed by atoms with Gasteiger partial charge in [0.1, 0.15) is 11.5 Å². The number of fused-ring (bicyclic) bond motifs is 1. The van der Waals surface area contributed by atoms with Crippen molar-refractivity contribution in [2.45, 2.75) is 34.8 Å². The molecule has 31 heavy (non-hydrogen) atoms. The fraction of sp³-hybridized carbons (Fsp3) is 0.333. The van der Waals surface area contributed by atoms with Gasteiger partial charge in [0, 0.05) is 35.2 Å². The topological polar surface area (TPSA) is 111 Å². The van der Waals surface area contributed by atoms with Crippen LogP contribution in [0.15, 0.2) is 46.2 Å². The molecule has 2 aromatic rings. The van der Waals surface area contributed by atoms with Crippen molar-refractivity contribution < 1.29 is 27.5 Å². The number of anilines is 2. The maximum atomic E-state index is 12.7. The molecule has 0 aliphatic carbocycles. The molecule has 1 aliphatic rings. The van der Waals surface area contributed by atoms with Crippen LogP contribution in [0.5, 0.6) is 11.5 Å². The zero-order valence-electron chi connectivity index (χ0n) is 17.4. The Morgan fingerprint density at radius 2 is 1.81 bits per heavy atom. The van der Waals surface area contributed by atoms with Crippen molar-refractivity contribution in [3.63, 3.8) is 0 Å². The molecule has 0 saturated heterocycles. The number of amides is 2. The lowest BCUT2D eigenvalue weighted by molar-refractivity contribution is -0.116. The van der Waals surface area contributed by atoms with Gasteiger partial charge in [-0.1, -0.05) is 6.92 Å². The maximum Gasteiger partial charge on any atom is 0.237 e. The minimum absolute atomic E-state index is 0.0675. The Morgan fingerprint density at radius 3 is 2.42 bits per heavy atom. The van der Waals surface area contributed by atoms with Gasteiger partial charge >= 0.3 is 0 Å². The number of sulfone groups is 1. The largest absolute Gasteiger partial charge is 0.497 e. The molecule has 0 fully saturated rings. The highest BCUT2D eigenvalue weighted by atomic mass is 32.2. The third kappa shape index (κ3) is 5.50. The third-order valence-electron chi connectivity index (χ3n) is 4.73. The van der Waals surface area contributed by atoms with Crippen LogP contribution in [-0.4, -0.2) is 45.5 Å². The van der Waals surface area contributed by atoms with Crippen molar-refractivity contribution in [1.82, 2.24) is 0 Å². The molecule has 2 aromatic carbocycles. The van der Waals surface area contributed by atoms with Crippen molar-refractivity contribution in [1.29, 1.82) is 0 Å². The van der Waals surface area contributed by atoms with Crippen LogP contribution in [0, 0.1) is 0 Å². The Balaban J connectivity index is 1.67. The summed E-state index contributed by atoms with van der Waals surface area (Å²) in [6.45, 7) is 1.92. The SMILES string of the molecule is CC[C@H]1Sc2ccc(S(=O)(=O)CCC(=O)Nc3cc(OC)cc(OC)c3)cc2NC1=O. The third-order valence-corrected chi connectivity index (χ3v) is 7.89. The lowest BCUT2D eigenvalue weighted by Gasteiger charge is -2.23. The van der Waals surface area contributed by atoms with Gasteiger partial charge < -0.3 is 20.1 Å². The summed E-state index contributed by atoms with van der Waals surface area (Å²) in [4.78, 5) is 25.3. The number of carbonyl (C=O) groups excluding carboxylic acids is 2. The predicted molar refractivity (Wildman–Crippen MR) is 120 cm³/mol. The molecule has 1 atom stereocenters. The summed E-state index contributed by atoms with van der Waals surface area (Å²) in [5, 5.41) is 5.24. The number of nitrogens with one attached hydrogen (secondary N) is 2. The molecule has 0 spiro atoms. The second-order valence-electron chi connectivity index (χ2n) is 6.88. The lowest BCUT2D eigenvalue weighted by atomic mass is 10.2. The predicted octanol–water partition coefficient (Wildman–Crippen LogP) is 3.33. The van der Waals surface area contributed by atoms with E-state index >= 15 is 0 Å². The zero-order valence-corrected chi connectivity index (χ0v) is 19.1. The second-order valence-corrected chi connectivity index (χ2v) is 10.2. The summed E-state index contributed by atoms with van der Waals surface area (Å²) in [6, 6.07) is 9.54. The molecular weight excluding hydrogens is 440 g/mol. The zero-order chi connectivity index (χ0) is 22.6. The van der Waals surface area contributed by atoms with Crippen molar-refractivity contribution in [3.8, 4) is 11.5 Å². The Kier molecular flexibility index (Phi) is 7.11. The molecule has 2 amide bonds. The summed E-state index contributed by atoms with van der Waals surface area (Å²) in [5.41, 5.74) is 0.922. The molecular formula is C21H24N2O6S2. The van der Waals surface area contributed by atoms with Crippen LogP contribution in [0.3, 0.4) is 0 Å². The van der Waals surface area contributed by atoms with Gasteiger partial charge in [-0.2, -0.15) is 0 Å². The van der Waals surface area contributed by atoms with E-state index in [0.29, 0.717) is 29.3 Å². The van der Waals surface area contributed by atoms with E-state index in [0.717, 1.165) is 4.90 Å². The standard InChI is InChI=1S/C21H24N2O6S2/c1-4-18-21(25)23-17-12-16(5-6-19(17)30-18)31(26,27)8-7-20(24)22-13-9-14(28-2)11-15(10-13)29-3/h5-6,9-12,18H,4,7-8H2,1-3H3,(H,22,24)(H,23,25)/t18-/m1/s1. The molecule has 0 unspecified atom stereocenters. The minimum Gasteiger partial charge on any atom is -0.497 e. The Bertz CT molecular complexity index is 1080. The Labute approximate surface area is 185 Å². The number of hydrogen-bond acceptors (Lipinski definition) is 7. The van der Waals surface area contributed by atoms with Crippen molar-refractivity contribution >= 4 is 44.8 Å². The fourth-order valence-corrected chi connectivity index (χ4v) is 5.33. The van der Waals surface area contributed by atoms with E-state index in [4.69, 9.17) is 9.47 Å². The van der Waals surface area contributed by atoms with Crippen molar-refractivity contribution in [2.75, 3.05) is 30.6 Å². The first-order chi connectivity index (χ1) is 14.7. The van der Waals surface area contributed by atoms with E-state index in [2.05, 4.69) is 10.6 Å². The Morgan fingerprint density at radius 1 is 1.13 bits per heavy atom. The summed E-state index contributed by atoms with van der Waals surface area (Å²) in [5.74, 6) is 0.0504. The number of ether oxygens (including phenoxy) is 2. The Hall–Kier alpha value is -2.72. The number of rotatable bonds is 8. The first-order valence-corrected chi connectivity index (χ1v) is 12.2. The molecule has 0 radical (unpaired) electrons. The van der Waals surface area contributed by atoms with Gasteiger partial charge in [0.15, 0.2) is 9.84 Å². The van der Waals surface area contributed by atoms with Crippen LogP contribution in [0.4, 0.5) is 11.4 Å². The molecule has 0 bridgehead atoms.